The summed E-state index contributed by atoms with van der Waals surface area (Å²) in [5, 5.41) is 0. The standard InChI is InChI=1S/C4H8O4P/c1-7-4(5)3-9(6)8-2/h3H2,1-2H3/q+1. The monoisotopic (exact) mass is 151 g/mol. The fourth-order valence-corrected chi connectivity index (χ4v) is 0.704. The highest BCUT2D eigenvalue weighted by Gasteiger charge is 2.20. The largest absolute Gasteiger partial charge is 0.519 e. The molecule has 0 aliphatic carbocycles. The molecule has 1 atom stereocenters. The second-order valence-corrected chi connectivity index (χ2v) is 2.60. The number of rotatable bonds is 3. The first-order chi connectivity index (χ1) is 4.20. The molecule has 0 aliphatic rings. The SMILES string of the molecule is COC(=O)C[P+](=O)OC. The second kappa shape index (κ2) is 4.41. The minimum atomic E-state index is -1.85. The highest BCUT2D eigenvalue weighted by atomic mass is 31.1. The molecular weight excluding hydrogens is 143 g/mol. The maximum Gasteiger partial charge on any atom is 0.519 e. The van der Waals surface area contributed by atoms with Gasteiger partial charge in [-0.15, -0.1) is 4.52 Å². The molecule has 4 nitrogen and oxygen atoms in total. The summed E-state index contributed by atoms with van der Waals surface area (Å²) in [4.78, 5) is 10.3. The van der Waals surface area contributed by atoms with Crippen molar-refractivity contribution in [2.75, 3.05) is 20.4 Å². The van der Waals surface area contributed by atoms with Crippen molar-refractivity contribution in [1.82, 2.24) is 0 Å². The van der Waals surface area contributed by atoms with E-state index >= 15 is 0 Å². The molecule has 0 N–H and O–H groups in total. The van der Waals surface area contributed by atoms with Gasteiger partial charge in [0.15, 0.2) is 0 Å². The third-order valence-corrected chi connectivity index (χ3v) is 1.61. The van der Waals surface area contributed by atoms with Gasteiger partial charge in [-0.1, -0.05) is 0 Å². The number of ether oxygens (including phenoxy) is 1. The second-order valence-electron chi connectivity index (χ2n) is 1.25. The Hall–Kier alpha value is -0.470. The number of hydrogen-bond donors (Lipinski definition) is 0. The molecule has 0 heterocycles. The van der Waals surface area contributed by atoms with E-state index in [9.17, 15) is 9.36 Å². The van der Waals surface area contributed by atoms with E-state index in [0.29, 0.717) is 0 Å². The molecule has 0 amide bonds. The first kappa shape index (κ1) is 8.53. The van der Waals surface area contributed by atoms with E-state index in [1.54, 1.807) is 0 Å². The molecule has 0 rings (SSSR count). The number of methoxy groups -OCH3 is 1. The van der Waals surface area contributed by atoms with Crippen LogP contribution in [0, 0.1) is 0 Å². The van der Waals surface area contributed by atoms with Gasteiger partial charge in [-0.25, -0.2) is 4.79 Å². The number of carbonyl (C=O) groups is 1. The number of esters is 1. The Bertz CT molecular complexity index is 108. The van der Waals surface area contributed by atoms with E-state index in [2.05, 4.69) is 9.26 Å². The highest BCUT2D eigenvalue weighted by Crippen LogP contribution is 2.18. The lowest BCUT2D eigenvalue weighted by atomic mass is 10.8. The van der Waals surface area contributed by atoms with Crippen molar-refractivity contribution in [2.24, 2.45) is 0 Å². The van der Waals surface area contributed by atoms with Crippen LogP contribution >= 0.6 is 8.03 Å². The normalized spacial score (nSPS) is 10.7. The average Bonchev–Trinajstić information content (AvgIpc) is 1.87. The lowest BCUT2D eigenvalue weighted by Crippen LogP contribution is -2.02. The van der Waals surface area contributed by atoms with Crippen LogP contribution in [0.25, 0.3) is 0 Å². The van der Waals surface area contributed by atoms with Gasteiger partial charge in [-0.3, -0.25) is 0 Å². The summed E-state index contributed by atoms with van der Waals surface area (Å²) in [5.74, 6) is -0.516. The molecule has 0 fully saturated rings. The topological polar surface area (TPSA) is 52.6 Å². The van der Waals surface area contributed by atoms with Crippen LogP contribution in [0.5, 0.6) is 0 Å². The molecule has 0 saturated heterocycles. The van der Waals surface area contributed by atoms with Gasteiger partial charge < -0.3 is 4.74 Å². The Balaban J connectivity index is 3.47. The van der Waals surface area contributed by atoms with E-state index < -0.39 is 14.0 Å². The van der Waals surface area contributed by atoms with Gasteiger partial charge in [-0.05, 0) is 4.57 Å². The van der Waals surface area contributed by atoms with Crippen molar-refractivity contribution in [2.45, 2.75) is 0 Å². The van der Waals surface area contributed by atoms with E-state index in [1.165, 1.54) is 14.2 Å². The maximum absolute atomic E-state index is 10.4. The third kappa shape index (κ3) is 4.06. The lowest BCUT2D eigenvalue weighted by Gasteiger charge is -1.85. The molecule has 0 bridgehead atoms. The van der Waals surface area contributed by atoms with Gasteiger partial charge >= 0.3 is 14.0 Å². The first-order valence-corrected chi connectivity index (χ1v) is 3.62. The predicted octanol–water partition coefficient (Wildman–Crippen LogP) is 0.548. The lowest BCUT2D eigenvalue weighted by molar-refractivity contribution is -0.137. The molecule has 0 aliphatic heterocycles. The van der Waals surface area contributed by atoms with Crippen LogP contribution in [0.3, 0.4) is 0 Å². The summed E-state index contributed by atoms with van der Waals surface area (Å²) in [6, 6.07) is 0. The maximum atomic E-state index is 10.4. The molecule has 52 valence electrons. The summed E-state index contributed by atoms with van der Waals surface area (Å²) >= 11 is 0. The van der Waals surface area contributed by atoms with Gasteiger partial charge in [-0.2, -0.15) is 0 Å². The highest BCUT2D eigenvalue weighted by molar-refractivity contribution is 7.40. The summed E-state index contributed by atoms with van der Waals surface area (Å²) in [5.41, 5.74) is 0. The van der Waals surface area contributed by atoms with Gasteiger partial charge in [0, 0.05) is 0 Å². The third-order valence-electron chi connectivity index (χ3n) is 0.690. The molecule has 0 saturated carbocycles. The van der Waals surface area contributed by atoms with E-state index in [1.807, 2.05) is 0 Å². The Morgan fingerprint density at radius 3 is 2.44 bits per heavy atom. The Labute approximate surface area is 54.0 Å². The fourth-order valence-electron chi connectivity index (χ4n) is 0.235. The minimum absolute atomic E-state index is 0.164. The Kier molecular flexibility index (Phi) is 4.18. The fraction of sp³-hybridized carbons (Fsp3) is 0.750. The van der Waals surface area contributed by atoms with Crippen molar-refractivity contribution >= 4 is 14.0 Å². The molecule has 5 heteroatoms. The van der Waals surface area contributed by atoms with Crippen molar-refractivity contribution < 1.29 is 18.6 Å². The zero-order valence-electron chi connectivity index (χ0n) is 5.29. The van der Waals surface area contributed by atoms with E-state index in [0.717, 1.165) is 0 Å². The summed E-state index contributed by atoms with van der Waals surface area (Å²) in [6.45, 7) is 0. The summed E-state index contributed by atoms with van der Waals surface area (Å²) < 4.78 is 19.0. The minimum Gasteiger partial charge on any atom is -0.466 e. The zero-order valence-corrected chi connectivity index (χ0v) is 6.18. The average molecular weight is 151 g/mol. The molecule has 0 radical (unpaired) electrons. The predicted molar refractivity (Wildman–Crippen MR) is 31.5 cm³/mol. The molecular formula is C4H8O4P+. The zero-order chi connectivity index (χ0) is 7.28. The van der Waals surface area contributed by atoms with Crippen molar-refractivity contribution in [3.05, 3.63) is 0 Å². The summed E-state index contributed by atoms with van der Waals surface area (Å²) in [7, 11) is 0.669. The quantitative estimate of drug-likeness (QED) is 0.436. The molecule has 0 aromatic carbocycles. The van der Waals surface area contributed by atoms with Crippen molar-refractivity contribution in [1.29, 1.82) is 0 Å². The Morgan fingerprint density at radius 1 is 1.56 bits per heavy atom. The Morgan fingerprint density at radius 2 is 2.11 bits per heavy atom. The van der Waals surface area contributed by atoms with Gasteiger partial charge in [0.2, 0.25) is 0 Å². The van der Waals surface area contributed by atoms with Gasteiger partial charge in [0.05, 0.1) is 14.2 Å². The molecule has 0 aromatic rings. The van der Waals surface area contributed by atoms with Gasteiger partial charge in [0.1, 0.15) is 0 Å². The van der Waals surface area contributed by atoms with Crippen LogP contribution in [0.2, 0.25) is 0 Å². The van der Waals surface area contributed by atoms with Gasteiger partial charge in [0.25, 0.3) is 6.16 Å². The van der Waals surface area contributed by atoms with Crippen LogP contribution in [-0.2, 0) is 18.6 Å². The van der Waals surface area contributed by atoms with Crippen LogP contribution in [0.1, 0.15) is 0 Å². The first-order valence-electron chi connectivity index (χ1n) is 2.26. The number of carbonyl (C=O) groups excluding carboxylic acids is 1. The summed E-state index contributed by atoms with van der Waals surface area (Å²) in [6.07, 6.45) is -0.164. The van der Waals surface area contributed by atoms with E-state index in [-0.39, 0.29) is 6.16 Å². The van der Waals surface area contributed by atoms with Crippen LogP contribution in [0.15, 0.2) is 0 Å². The van der Waals surface area contributed by atoms with Crippen LogP contribution < -0.4 is 0 Å². The van der Waals surface area contributed by atoms with Crippen molar-refractivity contribution in [3.8, 4) is 0 Å². The van der Waals surface area contributed by atoms with E-state index in [4.69, 9.17) is 0 Å². The molecule has 9 heavy (non-hydrogen) atoms. The molecule has 1 unspecified atom stereocenters. The number of hydrogen-bond acceptors (Lipinski definition) is 4. The smallest absolute Gasteiger partial charge is 0.466 e. The molecule has 0 aromatic heterocycles. The van der Waals surface area contributed by atoms with Crippen LogP contribution in [0.4, 0.5) is 0 Å². The van der Waals surface area contributed by atoms with Crippen LogP contribution in [-0.4, -0.2) is 26.4 Å². The van der Waals surface area contributed by atoms with Crippen molar-refractivity contribution in [3.63, 3.8) is 0 Å². The molecule has 0 spiro atoms.